The lowest BCUT2D eigenvalue weighted by Gasteiger charge is -2.23. The number of benzene rings is 1. The SMILES string of the molecule is C=C/C(=C\C=C1/COC(=O)C(c2nc3ccccc3s2)=C1P(=O)(O)O)N(CC)CC. The quantitative estimate of drug-likeness (QED) is 0.376. The van der Waals surface area contributed by atoms with Crippen molar-refractivity contribution in [1.82, 2.24) is 9.88 Å². The summed E-state index contributed by atoms with van der Waals surface area (Å²) in [5.41, 5.74) is 1.51. The Hall–Kier alpha value is -2.51. The van der Waals surface area contributed by atoms with E-state index in [9.17, 15) is 19.1 Å². The van der Waals surface area contributed by atoms with E-state index in [1.165, 1.54) is 11.3 Å². The molecule has 7 nitrogen and oxygen atoms in total. The van der Waals surface area contributed by atoms with Crippen LogP contribution in [0.25, 0.3) is 15.8 Å². The standard InChI is InChI=1S/C21H23N2O5PS/c1-4-15(23(5-2)6-3)12-11-14-13-28-21(24)18(19(14)29(25,26)27)20-22-16-9-7-8-10-17(16)30-20/h4,7-12H,1,5-6,13H2,2-3H3,(H2,25,26,27)/b14-11+,15-12+. The minimum Gasteiger partial charge on any atom is -0.457 e. The van der Waals surface area contributed by atoms with Gasteiger partial charge in [-0.25, -0.2) is 9.78 Å². The second kappa shape index (κ2) is 9.10. The normalized spacial score (nSPS) is 16.9. The Kier molecular flexibility index (Phi) is 6.73. The molecule has 0 bridgehead atoms. The van der Waals surface area contributed by atoms with E-state index in [1.54, 1.807) is 24.3 Å². The lowest BCUT2D eigenvalue weighted by Crippen LogP contribution is -2.21. The Labute approximate surface area is 178 Å². The van der Waals surface area contributed by atoms with Crippen molar-refractivity contribution in [3.63, 3.8) is 0 Å². The number of thiazole rings is 1. The molecule has 0 amide bonds. The van der Waals surface area contributed by atoms with Crippen LogP contribution < -0.4 is 0 Å². The highest BCUT2D eigenvalue weighted by molar-refractivity contribution is 7.57. The predicted octanol–water partition coefficient (Wildman–Crippen LogP) is 4.08. The van der Waals surface area contributed by atoms with Gasteiger partial charge in [-0.2, -0.15) is 0 Å². The van der Waals surface area contributed by atoms with E-state index in [1.807, 2.05) is 36.9 Å². The number of rotatable bonds is 7. The highest BCUT2D eigenvalue weighted by Crippen LogP contribution is 2.54. The summed E-state index contributed by atoms with van der Waals surface area (Å²) in [6, 6.07) is 7.26. The number of likely N-dealkylation sites (N-methyl/N-ethyl adjacent to an activating group) is 1. The highest BCUT2D eigenvalue weighted by Gasteiger charge is 2.38. The number of nitrogens with zero attached hydrogens (tertiary/aromatic N) is 2. The molecule has 0 aliphatic carbocycles. The van der Waals surface area contributed by atoms with Gasteiger partial charge in [-0.05, 0) is 38.1 Å². The number of aromatic nitrogens is 1. The first-order chi connectivity index (χ1) is 14.3. The minimum atomic E-state index is -4.80. The Morgan fingerprint density at radius 3 is 2.63 bits per heavy atom. The third-order valence-corrected chi connectivity index (χ3v) is 6.84. The van der Waals surface area contributed by atoms with Gasteiger partial charge in [-0.1, -0.05) is 24.8 Å². The lowest BCUT2D eigenvalue weighted by atomic mass is 10.1. The van der Waals surface area contributed by atoms with Crippen LogP contribution in [0.3, 0.4) is 0 Å². The summed E-state index contributed by atoms with van der Waals surface area (Å²) in [4.78, 5) is 39.2. The van der Waals surface area contributed by atoms with Crippen LogP contribution in [-0.4, -0.2) is 45.3 Å². The lowest BCUT2D eigenvalue weighted by molar-refractivity contribution is -0.136. The number of carbonyl (C=O) groups is 1. The maximum absolute atomic E-state index is 12.5. The van der Waals surface area contributed by atoms with Crippen LogP contribution in [0.1, 0.15) is 18.9 Å². The molecule has 0 unspecified atom stereocenters. The van der Waals surface area contributed by atoms with Gasteiger partial charge in [0.05, 0.1) is 15.5 Å². The average molecular weight is 446 g/mol. The first kappa shape index (κ1) is 22.2. The second-order valence-corrected chi connectivity index (χ2v) is 9.06. The zero-order valence-corrected chi connectivity index (χ0v) is 18.4. The van der Waals surface area contributed by atoms with Gasteiger partial charge >= 0.3 is 13.6 Å². The number of allylic oxidation sites excluding steroid dienone is 3. The van der Waals surface area contributed by atoms with E-state index in [0.29, 0.717) is 5.52 Å². The number of ether oxygens (including phenoxy) is 1. The maximum Gasteiger partial charge on any atom is 0.357 e. The van der Waals surface area contributed by atoms with Gasteiger partial charge in [0.25, 0.3) is 0 Å². The monoisotopic (exact) mass is 446 g/mol. The van der Waals surface area contributed by atoms with E-state index in [0.717, 1.165) is 23.5 Å². The van der Waals surface area contributed by atoms with Crippen molar-refractivity contribution in [1.29, 1.82) is 0 Å². The van der Waals surface area contributed by atoms with Crippen molar-refractivity contribution < 1.29 is 23.9 Å². The van der Waals surface area contributed by atoms with E-state index >= 15 is 0 Å². The van der Waals surface area contributed by atoms with Crippen LogP contribution in [0.5, 0.6) is 0 Å². The van der Waals surface area contributed by atoms with Crippen molar-refractivity contribution in [2.45, 2.75) is 13.8 Å². The molecule has 0 saturated heterocycles. The van der Waals surface area contributed by atoms with Gasteiger partial charge < -0.3 is 19.4 Å². The molecular formula is C21H23N2O5PS. The van der Waals surface area contributed by atoms with Gasteiger partial charge in [0.2, 0.25) is 0 Å². The molecule has 3 rings (SSSR count). The van der Waals surface area contributed by atoms with Crippen LogP contribution >= 0.6 is 18.9 Å². The number of hydrogen-bond donors (Lipinski definition) is 2. The Bertz CT molecular complexity index is 1090. The summed E-state index contributed by atoms with van der Waals surface area (Å²) in [7, 11) is -4.80. The summed E-state index contributed by atoms with van der Waals surface area (Å²) in [6.07, 6.45) is 4.97. The van der Waals surface area contributed by atoms with Gasteiger partial charge in [0.15, 0.2) is 0 Å². The van der Waals surface area contributed by atoms with Crippen LogP contribution in [0, 0.1) is 0 Å². The number of fused-ring (bicyclic) bond motifs is 1. The number of cyclic esters (lactones) is 1. The van der Waals surface area contributed by atoms with Gasteiger partial charge in [0.1, 0.15) is 17.2 Å². The van der Waals surface area contributed by atoms with Crippen molar-refractivity contribution >= 4 is 40.7 Å². The maximum atomic E-state index is 12.5. The van der Waals surface area contributed by atoms with Crippen LogP contribution in [-0.2, 0) is 14.1 Å². The zero-order valence-electron chi connectivity index (χ0n) is 16.7. The Morgan fingerprint density at radius 2 is 2.03 bits per heavy atom. The molecule has 1 aliphatic heterocycles. The summed E-state index contributed by atoms with van der Waals surface area (Å²) in [5.74, 6) is -0.791. The molecule has 30 heavy (non-hydrogen) atoms. The molecule has 0 spiro atoms. The number of hydrogen-bond acceptors (Lipinski definition) is 6. The van der Waals surface area contributed by atoms with E-state index < -0.39 is 13.6 Å². The fourth-order valence-electron chi connectivity index (χ4n) is 3.25. The molecule has 2 aromatic rings. The van der Waals surface area contributed by atoms with Crippen molar-refractivity contribution in [2.75, 3.05) is 19.7 Å². The zero-order chi connectivity index (χ0) is 21.9. The smallest absolute Gasteiger partial charge is 0.357 e. The first-order valence-corrected chi connectivity index (χ1v) is 11.8. The highest BCUT2D eigenvalue weighted by atomic mass is 32.1. The molecule has 1 aromatic carbocycles. The molecule has 2 N–H and O–H groups in total. The van der Waals surface area contributed by atoms with Gasteiger partial charge in [-0.3, -0.25) is 4.57 Å². The molecule has 0 radical (unpaired) electrons. The summed E-state index contributed by atoms with van der Waals surface area (Å²) >= 11 is 1.19. The van der Waals surface area contributed by atoms with E-state index in [-0.39, 0.29) is 28.1 Å². The molecule has 158 valence electrons. The van der Waals surface area contributed by atoms with Crippen molar-refractivity contribution in [3.8, 4) is 0 Å². The Morgan fingerprint density at radius 1 is 1.33 bits per heavy atom. The molecule has 0 fully saturated rings. The first-order valence-electron chi connectivity index (χ1n) is 9.42. The summed E-state index contributed by atoms with van der Waals surface area (Å²) < 4.78 is 18.5. The number of esters is 1. The van der Waals surface area contributed by atoms with E-state index in [2.05, 4.69) is 11.6 Å². The molecular weight excluding hydrogens is 423 g/mol. The fourth-order valence-corrected chi connectivity index (χ4v) is 5.33. The molecule has 9 heteroatoms. The van der Waals surface area contributed by atoms with Gasteiger partial charge in [0, 0.05) is 24.4 Å². The van der Waals surface area contributed by atoms with Crippen molar-refractivity contribution in [3.05, 3.63) is 70.7 Å². The molecule has 0 atom stereocenters. The largest absolute Gasteiger partial charge is 0.457 e. The summed E-state index contributed by atoms with van der Waals surface area (Å²) in [5, 5.41) is -0.112. The molecule has 1 aromatic heterocycles. The number of para-hydroxylation sites is 1. The molecule has 1 aliphatic rings. The van der Waals surface area contributed by atoms with Crippen molar-refractivity contribution in [2.24, 2.45) is 0 Å². The van der Waals surface area contributed by atoms with E-state index in [4.69, 9.17) is 4.74 Å². The van der Waals surface area contributed by atoms with Crippen LogP contribution in [0.2, 0.25) is 0 Å². The fraction of sp³-hybridized carbons (Fsp3) is 0.238. The average Bonchev–Trinajstić information content (AvgIpc) is 3.14. The van der Waals surface area contributed by atoms with Gasteiger partial charge in [-0.15, -0.1) is 11.3 Å². The third kappa shape index (κ3) is 4.47. The minimum absolute atomic E-state index is 0.182. The second-order valence-electron chi connectivity index (χ2n) is 6.49. The molecule has 2 heterocycles. The number of carbonyl (C=O) groups excluding carboxylic acids is 1. The Balaban J connectivity index is 2.20. The summed E-state index contributed by atoms with van der Waals surface area (Å²) in [6.45, 7) is 9.09. The van der Waals surface area contributed by atoms with Crippen LogP contribution in [0.4, 0.5) is 0 Å². The third-order valence-electron chi connectivity index (χ3n) is 4.70. The molecule has 0 saturated carbocycles. The van der Waals surface area contributed by atoms with Crippen LogP contribution in [0.15, 0.2) is 65.7 Å². The topological polar surface area (TPSA) is 100.0 Å². The predicted molar refractivity (Wildman–Crippen MR) is 119 cm³/mol.